The van der Waals surface area contributed by atoms with Crippen LogP contribution in [0.2, 0.25) is 0 Å². The number of rotatable bonds is 6. The fourth-order valence-corrected chi connectivity index (χ4v) is 3.17. The van der Waals surface area contributed by atoms with E-state index in [1.165, 1.54) is 22.7 Å². The zero-order valence-electron chi connectivity index (χ0n) is 16.0. The second kappa shape index (κ2) is 6.69. The summed E-state index contributed by atoms with van der Waals surface area (Å²) in [4.78, 5) is 30.0. The lowest BCUT2D eigenvalue weighted by atomic mass is 9.88. The molecule has 2 aromatic heterocycles. The van der Waals surface area contributed by atoms with Gasteiger partial charge in [-0.2, -0.15) is 8.78 Å². The Labute approximate surface area is 156 Å². The van der Waals surface area contributed by atoms with E-state index in [0.717, 1.165) is 12.8 Å². The van der Waals surface area contributed by atoms with Crippen LogP contribution in [0.3, 0.4) is 0 Å². The molecule has 1 aliphatic carbocycles. The summed E-state index contributed by atoms with van der Waals surface area (Å²) in [5.74, 6) is -0.0948. The van der Waals surface area contributed by atoms with Gasteiger partial charge in [0.25, 0.3) is 5.56 Å². The maximum absolute atomic E-state index is 13.3. The molecule has 0 unspecified atom stereocenters. The minimum atomic E-state index is -3.39. The number of carbonyl (C=O) groups is 1. The molecule has 1 fully saturated rings. The van der Waals surface area contributed by atoms with E-state index in [9.17, 15) is 18.4 Å². The quantitative estimate of drug-likeness (QED) is 0.759. The Morgan fingerprint density at radius 1 is 1.30 bits per heavy atom. The van der Waals surface area contributed by atoms with E-state index in [1.54, 1.807) is 0 Å². The predicted octanol–water partition coefficient (Wildman–Crippen LogP) is 4.11. The van der Waals surface area contributed by atoms with Gasteiger partial charge in [0, 0.05) is 37.4 Å². The van der Waals surface area contributed by atoms with E-state index in [-0.39, 0.29) is 34.9 Å². The third-order valence-corrected chi connectivity index (χ3v) is 4.30. The Hall–Kier alpha value is -2.31. The molecule has 1 aliphatic rings. The summed E-state index contributed by atoms with van der Waals surface area (Å²) in [6.45, 7) is 6.53. The van der Waals surface area contributed by atoms with Crippen LogP contribution in [0.1, 0.15) is 64.1 Å². The first-order valence-corrected chi connectivity index (χ1v) is 9.07. The average Bonchev–Trinajstić information content (AvgIpc) is 3.31. The number of hydrogen-bond donors (Lipinski definition) is 0. The number of aromatic nitrogens is 2. The zero-order valence-corrected chi connectivity index (χ0v) is 16.0. The van der Waals surface area contributed by atoms with E-state index in [0.29, 0.717) is 24.6 Å². The molecule has 0 saturated heterocycles. The number of carbonyl (C=O) groups excluding carboxylic acids is 1. The van der Waals surface area contributed by atoms with E-state index in [2.05, 4.69) is 9.72 Å². The molecule has 0 bridgehead atoms. The van der Waals surface area contributed by atoms with E-state index in [4.69, 9.17) is 0 Å². The van der Waals surface area contributed by atoms with Crippen LogP contribution in [0.4, 0.5) is 8.78 Å². The molecule has 0 N–H and O–H groups in total. The van der Waals surface area contributed by atoms with Gasteiger partial charge >= 0.3 is 6.11 Å². The molecular formula is C20H24F2N2O3. The number of ketones is 1. The summed E-state index contributed by atoms with van der Waals surface area (Å²) in [6, 6.07) is 2.81. The summed E-state index contributed by atoms with van der Waals surface area (Å²) in [7, 11) is 0. The van der Waals surface area contributed by atoms with Gasteiger partial charge in [0.05, 0.1) is 5.69 Å². The number of alkyl halides is 2. The summed E-state index contributed by atoms with van der Waals surface area (Å²) >= 11 is 0. The van der Waals surface area contributed by atoms with Crippen LogP contribution in [-0.2, 0) is 11.2 Å². The molecule has 27 heavy (non-hydrogen) atoms. The number of Topliss-reactive ketones (excluding diaryl/α,β-unsaturated/α-hetero) is 1. The van der Waals surface area contributed by atoms with Crippen molar-refractivity contribution in [2.75, 3.05) is 0 Å². The topological polar surface area (TPSA) is 60.7 Å². The van der Waals surface area contributed by atoms with Gasteiger partial charge < -0.3 is 4.74 Å². The highest BCUT2D eigenvalue weighted by atomic mass is 19.3. The van der Waals surface area contributed by atoms with Crippen molar-refractivity contribution in [3.05, 3.63) is 39.9 Å². The van der Waals surface area contributed by atoms with Gasteiger partial charge in [0.15, 0.2) is 11.4 Å². The van der Waals surface area contributed by atoms with Crippen LogP contribution >= 0.6 is 0 Å². The van der Waals surface area contributed by atoms with Crippen molar-refractivity contribution in [2.24, 2.45) is 5.41 Å². The smallest absolute Gasteiger partial charge is 0.395 e. The van der Waals surface area contributed by atoms with Gasteiger partial charge in [-0.3, -0.25) is 14.0 Å². The third kappa shape index (κ3) is 4.70. The average molecular weight is 378 g/mol. The van der Waals surface area contributed by atoms with Gasteiger partial charge in [-0.25, -0.2) is 4.98 Å². The van der Waals surface area contributed by atoms with Crippen LogP contribution in [0, 0.1) is 5.41 Å². The molecule has 0 amide bonds. The first-order valence-electron chi connectivity index (χ1n) is 9.07. The highest BCUT2D eigenvalue weighted by Crippen LogP contribution is 2.41. The van der Waals surface area contributed by atoms with E-state index in [1.807, 2.05) is 20.8 Å². The number of nitrogens with zero attached hydrogens (tertiary/aromatic N) is 2. The third-order valence-electron chi connectivity index (χ3n) is 4.30. The second-order valence-electron chi connectivity index (χ2n) is 8.48. The molecule has 0 radical (unpaired) electrons. The normalized spacial score (nSPS) is 15.2. The highest BCUT2D eigenvalue weighted by Gasteiger charge is 2.32. The standard InChI is InChI=1S/C20H24F2N2O3/c1-19(2,3)11-13(25)10-14-16(12-7-8-12)23-17-15(27-20(4,21)22)6-5-9-24(17)18(14)26/h5-6,9,12H,7-8,10-11H2,1-4H3. The summed E-state index contributed by atoms with van der Waals surface area (Å²) in [5.41, 5.74) is 0.389. The Morgan fingerprint density at radius 2 is 1.96 bits per heavy atom. The van der Waals surface area contributed by atoms with Gasteiger partial charge in [-0.05, 0) is 30.4 Å². The van der Waals surface area contributed by atoms with Gasteiger partial charge in [-0.15, -0.1) is 0 Å². The van der Waals surface area contributed by atoms with Crippen molar-refractivity contribution in [1.29, 1.82) is 0 Å². The van der Waals surface area contributed by atoms with Gasteiger partial charge in [0.1, 0.15) is 5.78 Å². The SMILES string of the molecule is CC(C)(C)CC(=O)Cc1c(C2CC2)nc2c(OC(C)(F)F)cccn2c1=O. The van der Waals surface area contributed by atoms with Crippen molar-refractivity contribution < 1.29 is 18.3 Å². The van der Waals surface area contributed by atoms with Crippen LogP contribution in [0.25, 0.3) is 5.65 Å². The monoisotopic (exact) mass is 378 g/mol. The molecule has 0 aromatic carbocycles. The number of halogens is 2. The molecule has 2 heterocycles. The lowest BCUT2D eigenvalue weighted by molar-refractivity contribution is -0.158. The van der Waals surface area contributed by atoms with Crippen LogP contribution in [0.15, 0.2) is 23.1 Å². The Balaban J connectivity index is 2.09. The maximum Gasteiger partial charge on any atom is 0.395 e. The van der Waals surface area contributed by atoms with Crippen LogP contribution in [0.5, 0.6) is 5.75 Å². The van der Waals surface area contributed by atoms with Crippen molar-refractivity contribution in [1.82, 2.24) is 9.38 Å². The molecule has 3 rings (SSSR count). The molecule has 0 spiro atoms. The molecule has 1 saturated carbocycles. The first kappa shape index (κ1) is 19.5. The van der Waals surface area contributed by atoms with Crippen molar-refractivity contribution in [3.63, 3.8) is 0 Å². The Morgan fingerprint density at radius 3 is 2.52 bits per heavy atom. The number of fused-ring (bicyclic) bond motifs is 1. The van der Waals surface area contributed by atoms with Gasteiger partial charge in [0.2, 0.25) is 0 Å². The first-order chi connectivity index (χ1) is 12.4. The molecular weight excluding hydrogens is 354 g/mol. The summed E-state index contributed by atoms with van der Waals surface area (Å²) in [5, 5.41) is 0. The van der Waals surface area contributed by atoms with Crippen LogP contribution in [-0.4, -0.2) is 21.3 Å². The molecule has 5 nitrogen and oxygen atoms in total. The number of pyridine rings is 1. The summed E-state index contributed by atoms with van der Waals surface area (Å²) in [6.07, 6.45) is 0.170. The predicted molar refractivity (Wildman–Crippen MR) is 97.5 cm³/mol. The minimum Gasteiger partial charge on any atom is -0.429 e. The zero-order chi connectivity index (χ0) is 20.0. The number of ether oxygens (including phenoxy) is 1. The fourth-order valence-electron chi connectivity index (χ4n) is 3.17. The van der Waals surface area contributed by atoms with Crippen molar-refractivity contribution in [3.8, 4) is 5.75 Å². The Bertz CT molecular complexity index is 935. The van der Waals surface area contributed by atoms with Crippen molar-refractivity contribution >= 4 is 11.4 Å². The highest BCUT2D eigenvalue weighted by molar-refractivity contribution is 5.81. The maximum atomic E-state index is 13.3. The second-order valence-corrected chi connectivity index (χ2v) is 8.48. The number of hydrogen-bond acceptors (Lipinski definition) is 4. The van der Waals surface area contributed by atoms with Crippen molar-refractivity contribution in [2.45, 2.75) is 65.4 Å². The summed E-state index contributed by atoms with van der Waals surface area (Å²) < 4.78 is 32.5. The molecule has 2 aromatic rings. The van der Waals surface area contributed by atoms with Crippen LogP contribution < -0.4 is 10.3 Å². The van der Waals surface area contributed by atoms with E-state index >= 15 is 0 Å². The fraction of sp³-hybridized carbons (Fsp3) is 0.550. The van der Waals surface area contributed by atoms with Gasteiger partial charge in [-0.1, -0.05) is 20.8 Å². The minimum absolute atomic E-state index is 0.00684. The largest absolute Gasteiger partial charge is 0.429 e. The molecule has 7 heteroatoms. The van der Waals surface area contributed by atoms with E-state index < -0.39 is 11.7 Å². The Kier molecular flexibility index (Phi) is 4.82. The lowest BCUT2D eigenvalue weighted by Gasteiger charge is -2.18. The lowest BCUT2D eigenvalue weighted by Crippen LogP contribution is -2.27. The molecule has 0 aliphatic heterocycles. The molecule has 0 atom stereocenters. The molecule has 146 valence electrons.